The number of ether oxygens (including phenoxy) is 2. The van der Waals surface area contributed by atoms with Crippen molar-refractivity contribution in [2.75, 3.05) is 7.11 Å². The van der Waals surface area contributed by atoms with Crippen molar-refractivity contribution in [2.24, 2.45) is 0 Å². The molecule has 0 N–H and O–H groups in total. The van der Waals surface area contributed by atoms with E-state index in [-0.39, 0.29) is 16.9 Å². The molecule has 0 aliphatic heterocycles. The maximum absolute atomic E-state index is 13.0. The summed E-state index contributed by atoms with van der Waals surface area (Å²) in [5.74, 6) is -1.43. The molecule has 0 saturated carbocycles. The summed E-state index contributed by atoms with van der Waals surface area (Å²) in [6.45, 7) is 1.21. The van der Waals surface area contributed by atoms with Crippen LogP contribution in [0.4, 0.5) is 0 Å². The Morgan fingerprint density at radius 1 is 1.00 bits per heavy atom. The van der Waals surface area contributed by atoms with Gasteiger partial charge in [0.2, 0.25) is 0 Å². The third kappa shape index (κ3) is 2.89. The number of methoxy groups -OCH3 is 1. The van der Waals surface area contributed by atoms with Crippen LogP contribution in [0.15, 0.2) is 59.5 Å². The average molecular weight is 337 g/mol. The molecule has 0 spiro atoms. The average Bonchev–Trinajstić information content (AvgIpc) is 2.62. The van der Waals surface area contributed by atoms with E-state index in [4.69, 9.17) is 9.47 Å². The third-order valence-corrected chi connectivity index (χ3v) is 3.70. The number of pyridine rings is 2. The third-order valence-electron chi connectivity index (χ3n) is 3.70. The Hall–Kier alpha value is -3.41. The van der Waals surface area contributed by atoms with Crippen molar-refractivity contribution in [3.63, 3.8) is 0 Å². The first-order valence-electron chi connectivity index (χ1n) is 7.54. The molecule has 126 valence electrons. The molecule has 25 heavy (non-hydrogen) atoms. The number of carbonyl (C=O) groups excluding carboxylic acids is 2. The van der Waals surface area contributed by atoms with Crippen molar-refractivity contribution in [1.82, 2.24) is 4.40 Å². The van der Waals surface area contributed by atoms with E-state index in [0.29, 0.717) is 11.1 Å². The van der Waals surface area contributed by atoms with Crippen LogP contribution in [0, 0.1) is 0 Å². The second-order valence-corrected chi connectivity index (χ2v) is 5.29. The zero-order valence-electron chi connectivity index (χ0n) is 13.7. The second kappa shape index (κ2) is 6.60. The van der Waals surface area contributed by atoms with Crippen molar-refractivity contribution in [3.05, 3.63) is 70.6 Å². The predicted octanol–water partition coefficient (Wildman–Crippen LogP) is 2.68. The van der Waals surface area contributed by atoms with Crippen LogP contribution in [-0.2, 0) is 9.53 Å². The predicted molar refractivity (Wildman–Crippen MR) is 91.8 cm³/mol. The number of hydrogen-bond donors (Lipinski definition) is 0. The smallest absolute Gasteiger partial charge is 0.343 e. The first kappa shape index (κ1) is 16.4. The van der Waals surface area contributed by atoms with Gasteiger partial charge in [-0.3, -0.25) is 14.0 Å². The molecule has 0 atom stereocenters. The molecule has 0 aliphatic carbocycles. The van der Waals surface area contributed by atoms with Crippen LogP contribution in [0.25, 0.3) is 16.6 Å². The molecular weight excluding hydrogens is 322 g/mol. The number of benzene rings is 1. The molecule has 6 nitrogen and oxygen atoms in total. The highest BCUT2D eigenvalue weighted by Gasteiger charge is 2.26. The molecule has 0 unspecified atom stereocenters. The molecule has 0 radical (unpaired) electrons. The zero-order chi connectivity index (χ0) is 18.0. The van der Waals surface area contributed by atoms with E-state index in [1.807, 2.05) is 0 Å². The van der Waals surface area contributed by atoms with Crippen LogP contribution in [0.3, 0.4) is 0 Å². The van der Waals surface area contributed by atoms with Gasteiger partial charge in [-0.2, -0.15) is 0 Å². The standard InChI is InChI=1S/C19H15NO5/c1-12(21)25-17-15(13-8-4-3-5-9-13)18(22)20-11-7-6-10-14(20)16(17)19(23)24-2/h3-11H,1-2H3. The number of aromatic nitrogens is 1. The van der Waals surface area contributed by atoms with Gasteiger partial charge in [-0.1, -0.05) is 36.4 Å². The lowest BCUT2D eigenvalue weighted by Crippen LogP contribution is -2.22. The minimum absolute atomic E-state index is 0.0248. The summed E-state index contributed by atoms with van der Waals surface area (Å²) in [5.41, 5.74) is 0.588. The largest absolute Gasteiger partial charge is 0.465 e. The summed E-state index contributed by atoms with van der Waals surface area (Å²) in [6.07, 6.45) is 1.55. The molecular formula is C19H15NO5. The lowest BCUT2D eigenvalue weighted by molar-refractivity contribution is -0.131. The highest BCUT2D eigenvalue weighted by Crippen LogP contribution is 2.33. The van der Waals surface area contributed by atoms with Gasteiger partial charge in [-0.05, 0) is 17.7 Å². The van der Waals surface area contributed by atoms with Crippen molar-refractivity contribution >= 4 is 17.5 Å². The minimum atomic E-state index is -0.697. The fourth-order valence-electron chi connectivity index (χ4n) is 2.69. The van der Waals surface area contributed by atoms with Gasteiger partial charge in [0.15, 0.2) is 5.75 Å². The first-order valence-corrected chi connectivity index (χ1v) is 7.54. The van der Waals surface area contributed by atoms with Crippen molar-refractivity contribution in [2.45, 2.75) is 6.92 Å². The maximum atomic E-state index is 13.0. The van der Waals surface area contributed by atoms with Crippen molar-refractivity contribution in [1.29, 1.82) is 0 Å². The summed E-state index contributed by atoms with van der Waals surface area (Å²) in [6, 6.07) is 13.7. The molecule has 0 saturated heterocycles. The molecule has 2 aromatic heterocycles. The Labute approximate surface area is 143 Å². The number of rotatable bonds is 3. The van der Waals surface area contributed by atoms with Gasteiger partial charge in [-0.25, -0.2) is 4.79 Å². The highest BCUT2D eigenvalue weighted by molar-refractivity contribution is 6.03. The van der Waals surface area contributed by atoms with E-state index in [0.717, 1.165) is 0 Å². The van der Waals surface area contributed by atoms with E-state index in [1.165, 1.54) is 18.4 Å². The van der Waals surface area contributed by atoms with Crippen LogP contribution >= 0.6 is 0 Å². The van der Waals surface area contributed by atoms with Gasteiger partial charge in [-0.15, -0.1) is 0 Å². The van der Waals surface area contributed by atoms with Crippen LogP contribution in [0.2, 0.25) is 0 Å². The number of hydrogen-bond acceptors (Lipinski definition) is 5. The Morgan fingerprint density at radius 3 is 2.32 bits per heavy atom. The second-order valence-electron chi connectivity index (χ2n) is 5.29. The molecule has 6 heteroatoms. The molecule has 3 rings (SSSR count). The van der Waals surface area contributed by atoms with E-state index in [2.05, 4.69) is 0 Å². The Kier molecular flexibility index (Phi) is 4.35. The number of esters is 2. The topological polar surface area (TPSA) is 74.1 Å². The van der Waals surface area contributed by atoms with Gasteiger partial charge >= 0.3 is 11.9 Å². The highest BCUT2D eigenvalue weighted by atomic mass is 16.5. The monoisotopic (exact) mass is 337 g/mol. The van der Waals surface area contributed by atoms with Gasteiger partial charge in [0.25, 0.3) is 5.56 Å². The zero-order valence-corrected chi connectivity index (χ0v) is 13.7. The van der Waals surface area contributed by atoms with E-state index in [9.17, 15) is 14.4 Å². The summed E-state index contributed by atoms with van der Waals surface area (Å²) >= 11 is 0. The van der Waals surface area contributed by atoms with Crippen LogP contribution in [0.1, 0.15) is 17.3 Å². The SMILES string of the molecule is COC(=O)c1c(OC(C)=O)c(-c2ccccc2)c(=O)n2ccccc12. The number of carbonyl (C=O) groups is 2. The quantitative estimate of drug-likeness (QED) is 0.687. The number of fused-ring (bicyclic) bond motifs is 1. The van der Waals surface area contributed by atoms with Crippen LogP contribution in [0.5, 0.6) is 5.75 Å². The van der Waals surface area contributed by atoms with Crippen LogP contribution in [-0.4, -0.2) is 23.4 Å². The van der Waals surface area contributed by atoms with E-state index < -0.39 is 17.5 Å². The molecule has 0 bridgehead atoms. The molecule has 0 aliphatic rings. The summed E-state index contributed by atoms with van der Waals surface area (Å²) < 4.78 is 11.5. The molecule has 0 amide bonds. The fourth-order valence-corrected chi connectivity index (χ4v) is 2.69. The van der Waals surface area contributed by atoms with Gasteiger partial charge in [0.1, 0.15) is 5.56 Å². The lowest BCUT2D eigenvalue weighted by Gasteiger charge is -2.16. The summed E-state index contributed by atoms with van der Waals surface area (Å²) in [5, 5.41) is 0. The van der Waals surface area contributed by atoms with Gasteiger partial charge in [0.05, 0.1) is 18.2 Å². The molecule has 3 aromatic rings. The normalized spacial score (nSPS) is 10.5. The van der Waals surface area contributed by atoms with Gasteiger partial charge < -0.3 is 9.47 Å². The minimum Gasteiger partial charge on any atom is -0.465 e. The lowest BCUT2D eigenvalue weighted by atomic mass is 10.0. The Bertz CT molecular complexity index is 1020. The fraction of sp³-hybridized carbons (Fsp3) is 0.105. The molecule has 1 aromatic carbocycles. The maximum Gasteiger partial charge on any atom is 0.343 e. The molecule has 0 fully saturated rings. The van der Waals surface area contributed by atoms with Gasteiger partial charge in [0, 0.05) is 13.1 Å². The Morgan fingerprint density at radius 2 is 1.68 bits per heavy atom. The van der Waals surface area contributed by atoms with E-state index in [1.54, 1.807) is 54.7 Å². The summed E-state index contributed by atoms with van der Waals surface area (Å²) in [7, 11) is 1.23. The van der Waals surface area contributed by atoms with Crippen LogP contribution < -0.4 is 10.3 Å². The van der Waals surface area contributed by atoms with Crippen molar-refractivity contribution < 1.29 is 19.1 Å². The first-order chi connectivity index (χ1) is 12.0. The summed E-state index contributed by atoms with van der Waals surface area (Å²) in [4.78, 5) is 37.0. The molecule has 2 heterocycles. The van der Waals surface area contributed by atoms with Crippen molar-refractivity contribution in [3.8, 4) is 16.9 Å². The number of nitrogens with zero attached hydrogens (tertiary/aromatic N) is 1. The Balaban J connectivity index is 2.52. The van der Waals surface area contributed by atoms with E-state index >= 15 is 0 Å².